The molecule has 1 aromatic carbocycles. The van der Waals surface area contributed by atoms with Crippen molar-refractivity contribution in [2.24, 2.45) is 0 Å². The molecule has 0 spiro atoms. The Labute approximate surface area is 144 Å². The van der Waals surface area contributed by atoms with Crippen LogP contribution in [-0.2, 0) is 35.0 Å². The molecule has 0 atom stereocenters. The number of rotatable bonds is 5. The fraction of sp³-hybridized carbons (Fsp3) is 0.421. The maximum atomic E-state index is 11.6. The van der Waals surface area contributed by atoms with Gasteiger partial charge in [0, 0.05) is 29.9 Å². The highest BCUT2D eigenvalue weighted by molar-refractivity contribution is 7.89. The second-order valence-corrected chi connectivity index (χ2v) is 8.78. The first-order chi connectivity index (χ1) is 11.4. The van der Waals surface area contributed by atoms with E-state index in [9.17, 15) is 8.42 Å². The third-order valence-electron chi connectivity index (χ3n) is 4.43. The largest absolute Gasteiger partial charge is 0.381 e. The van der Waals surface area contributed by atoms with Gasteiger partial charge in [0.2, 0.25) is 0 Å². The topological polar surface area (TPSA) is 59.1 Å². The predicted molar refractivity (Wildman–Crippen MR) is 97.9 cm³/mol. The molecule has 1 aromatic heterocycles. The van der Waals surface area contributed by atoms with Gasteiger partial charge in [0.15, 0.2) is 9.84 Å². The van der Waals surface area contributed by atoms with Crippen LogP contribution in [0.25, 0.3) is 0 Å². The lowest BCUT2D eigenvalue weighted by Gasteiger charge is -2.20. The summed E-state index contributed by atoms with van der Waals surface area (Å²) >= 11 is 0. The molecule has 0 amide bonds. The van der Waals surface area contributed by atoms with E-state index < -0.39 is 9.84 Å². The van der Waals surface area contributed by atoms with Gasteiger partial charge < -0.3 is 5.32 Å². The fourth-order valence-electron chi connectivity index (χ4n) is 3.39. The number of para-hydroxylation sites is 1. The maximum absolute atomic E-state index is 11.6. The summed E-state index contributed by atoms with van der Waals surface area (Å²) in [7, 11) is -3.05. The van der Waals surface area contributed by atoms with Gasteiger partial charge in [-0.2, -0.15) is 0 Å². The van der Waals surface area contributed by atoms with Crippen LogP contribution < -0.4 is 5.32 Å². The standard InChI is InChI=1S/C19H24N2O2S/c1-14-11-16(17-8-4-6-10-19(17)21-14)12-20-18-9-5-3-7-15(18)13-24(2,22)23/h3,5,7,9,11,20H,4,6,8,10,12-13H2,1-2H3. The van der Waals surface area contributed by atoms with Crippen molar-refractivity contribution in [2.45, 2.75) is 44.9 Å². The number of aryl methyl sites for hydroxylation is 2. The van der Waals surface area contributed by atoms with Gasteiger partial charge in [0.05, 0.1) is 5.75 Å². The molecule has 1 aliphatic rings. The van der Waals surface area contributed by atoms with E-state index in [-0.39, 0.29) is 5.75 Å². The lowest BCUT2D eigenvalue weighted by molar-refractivity contribution is 0.601. The number of hydrogen-bond donors (Lipinski definition) is 1. The molecule has 128 valence electrons. The minimum Gasteiger partial charge on any atom is -0.381 e. The van der Waals surface area contributed by atoms with Crippen molar-refractivity contribution < 1.29 is 8.42 Å². The summed E-state index contributed by atoms with van der Waals surface area (Å²) in [5.74, 6) is 0.0592. The lowest BCUT2D eigenvalue weighted by Crippen LogP contribution is -2.13. The molecule has 0 aliphatic heterocycles. The first-order valence-electron chi connectivity index (χ1n) is 8.40. The SMILES string of the molecule is Cc1cc(CNc2ccccc2CS(C)(=O)=O)c2c(n1)CCCC2. The quantitative estimate of drug-likeness (QED) is 0.903. The summed E-state index contributed by atoms with van der Waals surface area (Å²) in [4.78, 5) is 4.69. The summed E-state index contributed by atoms with van der Waals surface area (Å²) in [6.07, 6.45) is 5.86. The van der Waals surface area contributed by atoms with E-state index in [0.29, 0.717) is 6.54 Å². The average Bonchev–Trinajstić information content (AvgIpc) is 2.52. The van der Waals surface area contributed by atoms with Gasteiger partial charge in [0.25, 0.3) is 0 Å². The monoisotopic (exact) mass is 344 g/mol. The lowest BCUT2D eigenvalue weighted by atomic mass is 9.91. The second kappa shape index (κ2) is 6.93. The second-order valence-electron chi connectivity index (χ2n) is 6.64. The highest BCUT2D eigenvalue weighted by atomic mass is 32.2. The zero-order valence-corrected chi connectivity index (χ0v) is 15.1. The molecule has 0 fully saturated rings. The summed E-state index contributed by atoms with van der Waals surface area (Å²) < 4.78 is 23.3. The summed E-state index contributed by atoms with van der Waals surface area (Å²) in [6, 6.07) is 9.78. The van der Waals surface area contributed by atoms with E-state index >= 15 is 0 Å². The molecule has 2 aromatic rings. The molecule has 0 saturated carbocycles. The van der Waals surface area contributed by atoms with Gasteiger partial charge in [-0.3, -0.25) is 4.98 Å². The number of aromatic nitrogens is 1. The Hall–Kier alpha value is -1.88. The van der Waals surface area contributed by atoms with E-state index in [0.717, 1.165) is 29.8 Å². The Kier molecular flexibility index (Phi) is 4.90. The van der Waals surface area contributed by atoms with Crippen molar-refractivity contribution in [2.75, 3.05) is 11.6 Å². The number of sulfone groups is 1. The smallest absolute Gasteiger partial charge is 0.151 e. The van der Waals surface area contributed by atoms with Crippen molar-refractivity contribution in [3.8, 4) is 0 Å². The van der Waals surface area contributed by atoms with Crippen LogP contribution in [0.5, 0.6) is 0 Å². The van der Waals surface area contributed by atoms with Crippen LogP contribution in [0.1, 0.15) is 40.9 Å². The number of fused-ring (bicyclic) bond motifs is 1. The molecule has 24 heavy (non-hydrogen) atoms. The van der Waals surface area contributed by atoms with Crippen LogP contribution in [0, 0.1) is 6.92 Å². The molecule has 1 N–H and O–H groups in total. The van der Waals surface area contributed by atoms with E-state index in [1.54, 1.807) is 0 Å². The van der Waals surface area contributed by atoms with Crippen LogP contribution in [0.15, 0.2) is 30.3 Å². The van der Waals surface area contributed by atoms with Crippen molar-refractivity contribution in [1.82, 2.24) is 4.98 Å². The maximum Gasteiger partial charge on any atom is 0.151 e. The van der Waals surface area contributed by atoms with E-state index in [1.807, 2.05) is 31.2 Å². The van der Waals surface area contributed by atoms with Crippen molar-refractivity contribution in [1.29, 1.82) is 0 Å². The molecule has 1 aliphatic carbocycles. The molecule has 0 saturated heterocycles. The van der Waals surface area contributed by atoms with Crippen LogP contribution in [0.2, 0.25) is 0 Å². The number of benzene rings is 1. The molecule has 0 unspecified atom stereocenters. The van der Waals surface area contributed by atoms with Gasteiger partial charge in [-0.05, 0) is 61.4 Å². The molecule has 1 heterocycles. The molecule has 0 bridgehead atoms. The zero-order valence-electron chi connectivity index (χ0n) is 14.3. The molecular formula is C19H24N2O2S. The average molecular weight is 344 g/mol. The van der Waals surface area contributed by atoms with Crippen molar-refractivity contribution in [3.05, 3.63) is 58.4 Å². The highest BCUT2D eigenvalue weighted by Gasteiger charge is 2.16. The molecule has 5 heteroatoms. The van der Waals surface area contributed by atoms with Crippen LogP contribution in [0.3, 0.4) is 0 Å². The number of anilines is 1. The number of hydrogen-bond acceptors (Lipinski definition) is 4. The molecule has 4 nitrogen and oxygen atoms in total. The first-order valence-corrected chi connectivity index (χ1v) is 10.5. The molecule has 0 radical (unpaired) electrons. The fourth-order valence-corrected chi connectivity index (χ4v) is 4.21. The van der Waals surface area contributed by atoms with Crippen molar-refractivity contribution >= 4 is 15.5 Å². The third-order valence-corrected chi connectivity index (χ3v) is 5.26. The van der Waals surface area contributed by atoms with Gasteiger partial charge in [-0.25, -0.2) is 8.42 Å². The van der Waals surface area contributed by atoms with Gasteiger partial charge >= 0.3 is 0 Å². The number of pyridine rings is 1. The Morgan fingerprint density at radius 1 is 1.12 bits per heavy atom. The predicted octanol–water partition coefficient (Wildman–Crippen LogP) is 3.43. The summed E-state index contributed by atoms with van der Waals surface area (Å²) in [5, 5.41) is 3.44. The van der Waals surface area contributed by atoms with Gasteiger partial charge in [-0.15, -0.1) is 0 Å². The Bertz CT molecular complexity index is 844. The number of nitrogens with zero attached hydrogens (tertiary/aromatic N) is 1. The minimum absolute atomic E-state index is 0.0592. The summed E-state index contributed by atoms with van der Waals surface area (Å²) in [5.41, 5.74) is 6.66. The first kappa shape index (κ1) is 17.0. The summed E-state index contributed by atoms with van der Waals surface area (Å²) in [6.45, 7) is 2.74. The van der Waals surface area contributed by atoms with Crippen molar-refractivity contribution in [3.63, 3.8) is 0 Å². The van der Waals surface area contributed by atoms with Gasteiger partial charge in [-0.1, -0.05) is 18.2 Å². The molecular weight excluding hydrogens is 320 g/mol. The van der Waals surface area contributed by atoms with Crippen LogP contribution >= 0.6 is 0 Å². The Morgan fingerprint density at radius 3 is 2.67 bits per heavy atom. The van der Waals surface area contributed by atoms with Crippen LogP contribution in [-0.4, -0.2) is 19.7 Å². The Morgan fingerprint density at radius 2 is 1.88 bits per heavy atom. The molecule has 3 rings (SSSR count). The normalized spacial score (nSPS) is 14.2. The van der Waals surface area contributed by atoms with E-state index in [4.69, 9.17) is 0 Å². The van der Waals surface area contributed by atoms with E-state index in [2.05, 4.69) is 16.4 Å². The third kappa shape index (κ3) is 4.15. The van der Waals surface area contributed by atoms with Crippen LogP contribution in [0.4, 0.5) is 5.69 Å². The Balaban J connectivity index is 1.83. The highest BCUT2D eigenvalue weighted by Crippen LogP contribution is 2.25. The van der Waals surface area contributed by atoms with Gasteiger partial charge in [0.1, 0.15) is 0 Å². The van der Waals surface area contributed by atoms with E-state index in [1.165, 1.54) is 35.9 Å². The minimum atomic E-state index is -3.05. The zero-order chi connectivity index (χ0) is 17.2. The number of nitrogens with one attached hydrogen (secondary N) is 1.